The Kier molecular flexibility index (Phi) is 6.49. The summed E-state index contributed by atoms with van der Waals surface area (Å²) in [5, 5.41) is 10.8. The summed E-state index contributed by atoms with van der Waals surface area (Å²) in [7, 11) is 0. The number of anilines is 1. The lowest BCUT2D eigenvalue weighted by atomic mass is 10.1. The lowest BCUT2D eigenvalue weighted by molar-refractivity contribution is -0.133. The average molecular weight is 416 g/mol. The predicted molar refractivity (Wildman–Crippen MR) is 114 cm³/mol. The zero-order valence-corrected chi connectivity index (χ0v) is 17.5. The van der Waals surface area contributed by atoms with Crippen LogP contribution in [0.3, 0.4) is 0 Å². The third-order valence-electron chi connectivity index (χ3n) is 6.06. The van der Waals surface area contributed by atoms with Gasteiger partial charge in [-0.1, -0.05) is 6.92 Å². The summed E-state index contributed by atoms with van der Waals surface area (Å²) in [6.45, 7) is 5.03. The van der Waals surface area contributed by atoms with Gasteiger partial charge < -0.3 is 19.6 Å². The molecule has 0 saturated carbocycles. The molecule has 4 rings (SSSR count). The molecule has 0 aliphatic carbocycles. The fourth-order valence-electron chi connectivity index (χ4n) is 4.36. The monoisotopic (exact) mass is 415 g/mol. The Morgan fingerprint density at radius 2 is 2.10 bits per heavy atom. The number of hydrogen-bond donors (Lipinski definition) is 1. The quantitative estimate of drug-likeness (QED) is 0.785. The van der Waals surface area contributed by atoms with Crippen LogP contribution in [0.1, 0.15) is 44.6 Å². The molecule has 1 aromatic carbocycles. The highest BCUT2D eigenvalue weighted by Gasteiger charge is 2.26. The molecule has 0 spiro atoms. The van der Waals surface area contributed by atoms with Crippen LogP contribution in [0.5, 0.6) is 0 Å². The van der Waals surface area contributed by atoms with Crippen LogP contribution in [0.2, 0.25) is 0 Å². The molecule has 2 saturated heterocycles. The molecule has 2 aliphatic heterocycles. The van der Waals surface area contributed by atoms with Crippen molar-refractivity contribution in [3.8, 4) is 0 Å². The SMILES string of the molecule is CCC(=O)N(Cc1cc2ccc(F)cc2nc1N1CCC(O)CC1)CC1CCCO1. The van der Waals surface area contributed by atoms with Crippen molar-refractivity contribution in [2.24, 2.45) is 0 Å². The molecule has 3 heterocycles. The molecule has 162 valence electrons. The van der Waals surface area contributed by atoms with Crippen LogP contribution in [-0.2, 0) is 16.1 Å². The Hall–Kier alpha value is -2.25. The van der Waals surface area contributed by atoms with Gasteiger partial charge in [0, 0.05) is 56.2 Å². The average Bonchev–Trinajstić information content (AvgIpc) is 3.26. The molecule has 1 N–H and O–H groups in total. The van der Waals surface area contributed by atoms with E-state index in [1.54, 1.807) is 6.07 Å². The van der Waals surface area contributed by atoms with Gasteiger partial charge in [0.25, 0.3) is 0 Å². The van der Waals surface area contributed by atoms with Crippen LogP contribution >= 0.6 is 0 Å². The fraction of sp³-hybridized carbons (Fsp3) is 0.565. The first-order chi connectivity index (χ1) is 14.5. The predicted octanol–water partition coefficient (Wildman–Crippen LogP) is 3.25. The molecule has 2 fully saturated rings. The second-order valence-electron chi connectivity index (χ2n) is 8.29. The number of aliphatic hydroxyl groups is 1. The van der Waals surface area contributed by atoms with E-state index < -0.39 is 0 Å². The number of benzene rings is 1. The third-order valence-corrected chi connectivity index (χ3v) is 6.06. The summed E-state index contributed by atoms with van der Waals surface area (Å²) in [4.78, 5) is 21.5. The minimum absolute atomic E-state index is 0.0802. The van der Waals surface area contributed by atoms with Gasteiger partial charge in [-0.25, -0.2) is 9.37 Å². The highest BCUT2D eigenvalue weighted by molar-refractivity contribution is 5.82. The fourth-order valence-corrected chi connectivity index (χ4v) is 4.36. The van der Waals surface area contributed by atoms with Crippen LogP contribution in [-0.4, -0.2) is 59.3 Å². The van der Waals surface area contributed by atoms with Gasteiger partial charge in [0.2, 0.25) is 5.91 Å². The lowest BCUT2D eigenvalue weighted by Gasteiger charge is -2.33. The van der Waals surface area contributed by atoms with Crippen LogP contribution < -0.4 is 4.90 Å². The molecule has 0 bridgehead atoms. The molecule has 2 aromatic rings. The van der Waals surface area contributed by atoms with E-state index >= 15 is 0 Å². The number of pyridine rings is 1. The maximum absolute atomic E-state index is 13.8. The normalized spacial score (nSPS) is 20.1. The summed E-state index contributed by atoms with van der Waals surface area (Å²) in [5.74, 6) is 0.551. The van der Waals surface area contributed by atoms with Crippen LogP contribution in [0.25, 0.3) is 10.9 Å². The van der Waals surface area contributed by atoms with E-state index in [0.717, 1.165) is 36.2 Å². The van der Waals surface area contributed by atoms with E-state index in [-0.39, 0.29) is 23.9 Å². The number of rotatable bonds is 6. The number of amides is 1. The maximum atomic E-state index is 13.8. The number of nitrogens with zero attached hydrogens (tertiary/aromatic N) is 3. The van der Waals surface area contributed by atoms with Crippen LogP contribution in [0.15, 0.2) is 24.3 Å². The molecule has 1 unspecified atom stereocenters. The number of hydrogen-bond acceptors (Lipinski definition) is 5. The Bertz CT molecular complexity index is 893. The molecule has 6 nitrogen and oxygen atoms in total. The molecule has 1 atom stereocenters. The standard InChI is InChI=1S/C23H30FN3O3/c1-2-22(29)27(15-20-4-3-11-30-20)14-17-12-16-5-6-18(24)13-21(16)25-23(17)26-9-7-19(28)8-10-26/h5-6,12-13,19-20,28H,2-4,7-11,14-15H2,1H3. The third kappa shape index (κ3) is 4.73. The van der Waals surface area contributed by atoms with Gasteiger partial charge in [-0.3, -0.25) is 4.79 Å². The molecular weight excluding hydrogens is 385 g/mol. The van der Waals surface area contributed by atoms with E-state index in [1.807, 2.05) is 17.9 Å². The number of carbonyl (C=O) groups excluding carboxylic acids is 1. The van der Waals surface area contributed by atoms with Crippen molar-refractivity contribution in [1.82, 2.24) is 9.88 Å². The second kappa shape index (κ2) is 9.27. The maximum Gasteiger partial charge on any atom is 0.222 e. The lowest BCUT2D eigenvalue weighted by Crippen LogP contribution is -2.39. The Labute approximate surface area is 176 Å². The molecule has 1 amide bonds. The highest BCUT2D eigenvalue weighted by atomic mass is 19.1. The molecule has 30 heavy (non-hydrogen) atoms. The first kappa shape index (κ1) is 21.0. The molecular formula is C23H30FN3O3. The van der Waals surface area contributed by atoms with Crippen molar-refractivity contribution in [2.75, 3.05) is 31.1 Å². The van der Waals surface area contributed by atoms with E-state index in [9.17, 15) is 14.3 Å². The van der Waals surface area contributed by atoms with Gasteiger partial charge in [0.15, 0.2) is 0 Å². The number of carbonyl (C=O) groups is 1. The Balaban J connectivity index is 1.68. The molecule has 1 aromatic heterocycles. The summed E-state index contributed by atoms with van der Waals surface area (Å²) in [6, 6.07) is 6.64. The molecule has 7 heteroatoms. The summed E-state index contributed by atoms with van der Waals surface area (Å²) >= 11 is 0. The first-order valence-electron chi connectivity index (χ1n) is 10.9. The number of aliphatic hydroxyl groups excluding tert-OH is 1. The zero-order valence-electron chi connectivity index (χ0n) is 17.5. The highest BCUT2D eigenvalue weighted by Crippen LogP contribution is 2.28. The van der Waals surface area contributed by atoms with Crippen molar-refractivity contribution in [3.05, 3.63) is 35.6 Å². The van der Waals surface area contributed by atoms with Gasteiger partial charge in [-0.05, 0) is 43.9 Å². The number of ether oxygens (including phenoxy) is 1. The zero-order chi connectivity index (χ0) is 21.1. The van der Waals surface area contributed by atoms with Crippen molar-refractivity contribution in [1.29, 1.82) is 0 Å². The first-order valence-corrected chi connectivity index (χ1v) is 10.9. The van der Waals surface area contributed by atoms with Crippen molar-refractivity contribution in [3.63, 3.8) is 0 Å². The number of piperidine rings is 1. The van der Waals surface area contributed by atoms with Crippen LogP contribution in [0.4, 0.5) is 10.2 Å². The Morgan fingerprint density at radius 3 is 2.80 bits per heavy atom. The minimum Gasteiger partial charge on any atom is -0.393 e. The second-order valence-corrected chi connectivity index (χ2v) is 8.29. The minimum atomic E-state index is -0.316. The van der Waals surface area contributed by atoms with E-state index in [0.29, 0.717) is 51.0 Å². The largest absolute Gasteiger partial charge is 0.393 e. The van der Waals surface area contributed by atoms with Crippen LogP contribution in [0, 0.1) is 5.82 Å². The van der Waals surface area contributed by atoms with E-state index in [2.05, 4.69) is 4.90 Å². The van der Waals surface area contributed by atoms with Gasteiger partial charge in [-0.15, -0.1) is 0 Å². The summed E-state index contributed by atoms with van der Waals surface area (Å²) in [6.07, 6.45) is 3.58. The van der Waals surface area contributed by atoms with E-state index in [4.69, 9.17) is 9.72 Å². The van der Waals surface area contributed by atoms with Gasteiger partial charge in [0.05, 0.1) is 17.7 Å². The molecule has 0 radical (unpaired) electrons. The van der Waals surface area contributed by atoms with Gasteiger partial charge in [0.1, 0.15) is 11.6 Å². The summed E-state index contributed by atoms with van der Waals surface area (Å²) < 4.78 is 19.6. The van der Waals surface area contributed by atoms with Gasteiger partial charge in [-0.2, -0.15) is 0 Å². The van der Waals surface area contributed by atoms with Crippen molar-refractivity contribution in [2.45, 2.75) is 57.8 Å². The number of halogens is 1. The van der Waals surface area contributed by atoms with Crippen molar-refractivity contribution < 1.29 is 19.0 Å². The topological polar surface area (TPSA) is 65.9 Å². The smallest absolute Gasteiger partial charge is 0.222 e. The summed E-state index contributed by atoms with van der Waals surface area (Å²) in [5.41, 5.74) is 1.55. The number of fused-ring (bicyclic) bond motifs is 1. The number of aromatic nitrogens is 1. The van der Waals surface area contributed by atoms with Gasteiger partial charge >= 0.3 is 0 Å². The Morgan fingerprint density at radius 1 is 1.30 bits per heavy atom. The molecule has 2 aliphatic rings. The van der Waals surface area contributed by atoms with Crippen molar-refractivity contribution >= 4 is 22.6 Å². The van der Waals surface area contributed by atoms with E-state index in [1.165, 1.54) is 12.1 Å².